The fraction of sp³-hybridized carbons (Fsp3) is 0.333. The highest BCUT2D eigenvalue weighted by Gasteiger charge is 2.25. The number of amides is 1. The van der Waals surface area contributed by atoms with E-state index in [2.05, 4.69) is 15.2 Å². The van der Waals surface area contributed by atoms with E-state index in [1.165, 1.54) is 19.3 Å². The molecule has 0 saturated carbocycles. The van der Waals surface area contributed by atoms with E-state index in [4.69, 9.17) is 16.0 Å². The summed E-state index contributed by atoms with van der Waals surface area (Å²) in [6.07, 6.45) is 5.30. The number of piperidine rings is 1. The highest BCUT2D eigenvalue weighted by atomic mass is 35.5. The Morgan fingerprint density at radius 1 is 1.19 bits per heavy atom. The van der Waals surface area contributed by atoms with Crippen molar-refractivity contribution < 1.29 is 9.21 Å². The number of carbonyl (C=O) groups is 1. The highest BCUT2D eigenvalue weighted by Crippen LogP contribution is 2.25. The SMILES string of the molecule is O=C(NCC(c1ccco1)N1CCCCC1)c1cc(Cl)nc2ccccc12. The van der Waals surface area contributed by atoms with Gasteiger partial charge in [-0.3, -0.25) is 9.69 Å². The first-order valence-electron chi connectivity index (χ1n) is 9.33. The monoisotopic (exact) mass is 383 g/mol. The zero-order valence-electron chi connectivity index (χ0n) is 15.0. The van der Waals surface area contributed by atoms with Crippen molar-refractivity contribution in [2.75, 3.05) is 19.6 Å². The van der Waals surface area contributed by atoms with E-state index in [1.807, 2.05) is 36.4 Å². The summed E-state index contributed by atoms with van der Waals surface area (Å²) in [6, 6.07) is 13.1. The minimum Gasteiger partial charge on any atom is -0.468 e. The number of likely N-dealkylation sites (tertiary alicyclic amines) is 1. The number of fused-ring (bicyclic) bond motifs is 1. The number of hydrogen-bond acceptors (Lipinski definition) is 4. The van der Waals surface area contributed by atoms with Crippen LogP contribution in [0.2, 0.25) is 5.15 Å². The molecule has 1 saturated heterocycles. The molecule has 4 rings (SSSR count). The standard InChI is InChI=1S/C21H22ClN3O2/c22-20-13-16(15-7-2-3-8-17(15)24-20)21(26)23-14-18(19-9-6-12-27-19)25-10-4-1-5-11-25/h2-3,6-9,12-13,18H,1,4-5,10-11,14H2,(H,23,26). The van der Waals surface area contributed by atoms with Crippen LogP contribution in [0.4, 0.5) is 0 Å². The van der Waals surface area contributed by atoms with E-state index in [9.17, 15) is 4.79 Å². The summed E-state index contributed by atoms with van der Waals surface area (Å²) in [6.45, 7) is 2.52. The number of halogens is 1. The number of nitrogens with zero attached hydrogens (tertiary/aromatic N) is 2. The van der Waals surface area contributed by atoms with Crippen LogP contribution in [0, 0.1) is 0 Å². The lowest BCUT2D eigenvalue weighted by Gasteiger charge is -2.33. The second-order valence-electron chi connectivity index (χ2n) is 6.85. The number of carbonyl (C=O) groups excluding carboxylic acids is 1. The van der Waals surface area contributed by atoms with E-state index >= 15 is 0 Å². The van der Waals surface area contributed by atoms with Crippen LogP contribution >= 0.6 is 11.6 Å². The zero-order valence-corrected chi connectivity index (χ0v) is 15.8. The molecule has 3 aromatic rings. The Labute approximate surface area is 163 Å². The second-order valence-corrected chi connectivity index (χ2v) is 7.23. The second kappa shape index (κ2) is 8.11. The lowest BCUT2D eigenvalue weighted by Crippen LogP contribution is -2.40. The molecule has 140 valence electrons. The Bertz CT molecular complexity index is 920. The largest absolute Gasteiger partial charge is 0.468 e. The molecular weight excluding hydrogens is 362 g/mol. The number of nitrogens with one attached hydrogen (secondary N) is 1. The van der Waals surface area contributed by atoms with Crippen LogP contribution in [-0.2, 0) is 0 Å². The molecule has 0 spiro atoms. The Morgan fingerprint density at radius 2 is 2.00 bits per heavy atom. The van der Waals surface area contributed by atoms with Crippen molar-refractivity contribution in [2.24, 2.45) is 0 Å². The van der Waals surface area contributed by atoms with Gasteiger partial charge in [0.25, 0.3) is 5.91 Å². The smallest absolute Gasteiger partial charge is 0.252 e. The molecule has 1 N–H and O–H groups in total. The minimum atomic E-state index is -0.149. The van der Waals surface area contributed by atoms with Crippen molar-refractivity contribution in [3.63, 3.8) is 0 Å². The zero-order chi connectivity index (χ0) is 18.6. The number of pyridine rings is 1. The summed E-state index contributed by atoms with van der Waals surface area (Å²) in [4.78, 5) is 19.6. The first kappa shape index (κ1) is 18.0. The molecule has 1 aliphatic heterocycles. The summed E-state index contributed by atoms with van der Waals surface area (Å²) in [7, 11) is 0. The van der Waals surface area contributed by atoms with Gasteiger partial charge in [-0.15, -0.1) is 0 Å². The molecule has 1 aliphatic rings. The number of furan rings is 1. The van der Waals surface area contributed by atoms with E-state index < -0.39 is 0 Å². The van der Waals surface area contributed by atoms with Gasteiger partial charge in [0, 0.05) is 11.9 Å². The molecule has 1 unspecified atom stereocenters. The predicted molar refractivity (Wildman–Crippen MR) is 106 cm³/mol. The lowest BCUT2D eigenvalue weighted by atomic mass is 10.1. The molecule has 1 aromatic carbocycles. The maximum absolute atomic E-state index is 12.9. The van der Waals surface area contributed by atoms with Gasteiger partial charge in [-0.1, -0.05) is 36.2 Å². The molecule has 0 aliphatic carbocycles. The lowest BCUT2D eigenvalue weighted by molar-refractivity contribution is 0.0915. The molecular formula is C21H22ClN3O2. The Morgan fingerprint density at radius 3 is 2.78 bits per heavy atom. The summed E-state index contributed by atoms with van der Waals surface area (Å²) >= 11 is 6.12. The van der Waals surface area contributed by atoms with E-state index in [1.54, 1.807) is 12.3 Å². The van der Waals surface area contributed by atoms with Crippen LogP contribution in [0.1, 0.15) is 41.4 Å². The molecule has 27 heavy (non-hydrogen) atoms. The number of para-hydroxylation sites is 1. The topological polar surface area (TPSA) is 58.4 Å². The third-order valence-corrected chi connectivity index (χ3v) is 5.28. The van der Waals surface area contributed by atoms with Gasteiger partial charge in [-0.2, -0.15) is 0 Å². The van der Waals surface area contributed by atoms with E-state index in [0.717, 1.165) is 24.2 Å². The summed E-state index contributed by atoms with van der Waals surface area (Å²) in [5.74, 6) is 0.735. The molecule has 1 fully saturated rings. The summed E-state index contributed by atoms with van der Waals surface area (Å²) in [5, 5.41) is 4.19. The van der Waals surface area contributed by atoms with Gasteiger partial charge in [-0.25, -0.2) is 4.98 Å². The number of rotatable bonds is 5. The minimum absolute atomic E-state index is 0.0350. The maximum Gasteiger partial charge on any atom is 0.252 e. The van der Waals surface area contributed by atoms with E-state index in [-0.39, 0.29) is 11.9 Å². The van der Waals surface area contributed by atoms with Crippen molar-refractivity contribution in [1.82, 2.24) is 15.2 Å². The van der Waals surface area contributed by atoms with Gasteiger partial charge < -0.3 is 9.73 Å². The van der Waals surface area contributed by atoms with Crippen LogP contribution < -0.4 is 5.32 Å². The number of hydrogen-bond donors (Lipinski definition) is 1. The quantitative estimate of drug-likeness (QED) is 0.662. The Hall–Kier alpha value is -2.37. The number of benzene rings is 1. The Balaban J connectivity index is 1.55. The van der Waals surface area contributed by atoms with Crippen LogP contribution in [0.3, 0.4) is 0 Å². The van der Waals surface area contributed by atoms with Gasteiger partial charge >= 0.3 is 0 Å². The fourth-order valence-electron chi connectivity index (χ4n) is 3.74. The van der Waals surface area contributed by atoms with E-state index in [0.29, 0.717) is 22.8 Å². The van der Waals surface area contributed by atoms with Crippen molar-refractivity contribution in [3.8, 4) is 0 Å². The van der Waals surface area contributed by atoms with Gasteiger partial charge in [0.05, 0.1) is 23.4 Å². The maximum atomic E-state index is 12.9. The molecule has 0 radical (unpaired) electrons. The molecule has 1 amide bonds. The predicted octanol–water partition coefficient (Wildman–Crippen LogP) is 4.44. The highest BCUT2D eigenvalue weighted by molar-refractivity contribution is 6.30. The Kier molecular flexibility index (Phi) is 5.41. The third kappa shape index (κ3) is 3.99. The summed E-state index contributed by atoms with van der Waals surface area (Å²) < 4.78 is 5.65. The first-order chi connectivity index (χ1) is 13.2. The van der Waals surface area contributed by atoms with Crippen molar-refractivity contribution in [3.05, 3.63) is 65.2 Å². The fourth-order valence-corrected chi connectivity index (χ4v) is 3.94. The average Bonchev–Trinajstić information content (AvgIpc) is 3.22. The molecule has 5 nitrogen and oxygen atoms in total. The number of aromatic nitrogens is 1. The van der Waals surface area contributed by atoms with Crippen LogP contribution in [-0.4, -0.2) is 35.4 Å². The molecule has 1 atom stereocenters. The van der Waals surface area contributed by atoms with Crippen LogP contribution in [0.5, 0.6) is 0 Å². The van der Waals surface area contributed by atoms with Crippen LogP contribution in [0.25, 0.3) is 10.9 Å². The van der Waals surface area contributed by atoms with Gasteiger partial charge in [0.15, 0.2) is 0 Å². The summed E-state index contributed by atoms with van der Waals surface area (Å²) in [5.41, 5.74) is 1.26. The van der Waals surface area contributed by atoms with Crippen LogP contribution in [0.15, 0.2) is 53.1 Å². The van der Waals surface area contributed by atoms with Crippen molar-refractivity contribution >= 4 is 28.4 Å². The molecule has 3 heterocycles. The van der Waals surface area contributed by atoms with Gasteiger partial charge in [0.2, 0.25) is 0 Å². The molecule has 0 bridgehead atoms. The van der Waals surface area contributed by atoms with Gasteiger partial charge in [-0.05, 0) is 50.2 Å². The molecule has 2 aromatic heterocycles. The van der Waals surface area contributed by atoms with Crippen molar-refractivity contribution in [1.29, 1.82) is 0 Å². The van der Waals surface area contributed by atoms with Gasteiger partial charge in [0.1, 0.15) is 10.9 Å². The average molecular weight is 384 g/mol. The first-order valence-corrected chi connectivity index (χ1v) is 9.71. The third-order valence-electron chi connectivity index (χ3n) is 5.09. The van der Waals surface area contributed by atoms with Crippen molar-refractivity contribution in [2.45, 2.75) is 25.3 Å². The molecule has 6 heteroatoms. The normalized spacial score (nSPS) is 16.3.